The van der Waals surface area contributed by atoms with E-state index in [1.807, 2.05) is 83.1 Å². The van der Waals surface area contributed by atoms with Crippen molar-refractivity contribution in [2.45, 2.75) is 72.5 Å². The molecule has 0 aliphatic rings. The minimum atomic E-state index is -0.607. The zero-order valence-corrected chi connectivity index (χ0v) is 21.7. The second kappa shape index (κ2) is 12.3. The van der Waals surface area contributed by atoms with Crippen molar-refractivity contribution >= 4 is 11.8 Å². The van der Waals surface area contributed by atoms with Gasteiger partial charge >= 0.3 is 0 Å². The quantitative estimate of drug-likeness (QED) is 0.413. The summed E-state index contributed by atoms with van der Waals surface area (Å²) in [5.74, 6) is -0.148. The number of rotatable bonds is 10. The van der Waals surface area contributed by atoms with Crippen LogP contribution in [-0.2, 0) is 29.0 Å². The molecular formula is C31H38N2O2. The van der Waals surface area contributed by atoms with Crippen molar-refractivity contribution in [1.29, 1.82) is 0 Å². The molecule has 0 bridgehead atoms. The van der Waals surface area contributed by atoms with Gasteiger partial charge in [0.05, 0.1) is 6.42 Å². The highest BCUT2D eigenvalue weighted by Crippen LogP contribution is 2.19. The number of carbonyl (C=O) groups is 2. The van der Waals surface area contributed by atoms with Gasteiger partial charge in [0.15, 0.2) is 0 Å². The van der Waals surface area contributed by atoms with E-state index in [4.69, 9.17) is 0 Å². The van der Waals surface area contributed by atoms with Crippen LogP contribution in [0.15, 0.2) is 72.8 Å². The van der Waals surface area contributed by atoms with Crippen LogP contribution < -0.4 is 5.32 Å². The van der Waals surface area contributed by atoms with Gasteiger partial charge < -0.3 is 10.2 Å². The second-order valence-electron chi connectivity index (χ2n) is 9.64. The Bertz CT molecular complexity index is 1140. The van der Waals surface area contributed by atoms with Crippen molar-refractivity contribution in [2.24, 2.45) is 0 Å². The summed E-state index contributed by atoms with van der Waals surface area (Å²) in [6.45, 7) is 10.5. The first kappa shape index (κ1) is 26.2. The van der Waals surface area contributed by atoms with Gasteiger partial charge in [-0.05, 0) is 56.4 Å². The summed E-state index contributed by atoms with van der Waals surface area (Å²) < 4.78 is 0. The Kier molecular flexibility index (Phi) is 9.25. The molecule has 2 atom stereocenters. The molecule has 3 rings (SSSR count). The van der Waals surface area contributed by atoms with Crippen LogP contribution >= 0.6 is 0 Å². The van der Waals surface area contributed by atoms with Crippen LogP contribution in [0.1, 0.15) is 53.6 Å². The average Bonchev–Trinajstić information content (AvgIpc) is 2.84. The number of amides is 2. The van der Waals surface area contributed by atoms with Crippen LogP contribution in [-0.4, -0.2) is 28.8 Å². The molecule has 0 aromatic heterocycles. The third-order valence-electron chi connectivity index (χ3n) is 6.55. The van der Waals surface area contributed by atoms with Gasteiger partial charge in [-0.3, -0.25) is 9.59 Å². The first-order valence-electron chi connectivity index (χ1n) is 12.5. The van der Waals surface area contributed by atoms with Crippen molar-refractivity contribution < 1.29 is 9.59 Å². The molecule has 0 unspecified atom stereocenters. The lowest BCUT2D eigenvalue weighted by Gasteiger charge is -2.32. The van der Waals surface area contributed by atoms with Gasteiger partial charge in [-0.2, -0.15) is 0 Å². The van der Waals surface area contributed by atoms with E-state index < -0.39 is 6.04 Å². The molecule has 4 heteroatoms. The Morgan fingerprint density at radius 2 is 1.54 bits per heavy atom. The van der Waals surface area contributed by atoms with Crippen LogP contribution in [0.4, 0.5) is 0 Å². The monoisotopic (exact) mass is 470 g/mol. The molecule has 0 aliphatic carbocycles. The zero-order valence-electron chi connectivity index (χ0n) is 21.7. The molecule has 0 aliphatic heterocycles. The molecule has 1 N–H and O–H groups in total. The molecular weight excluding hydrogens is 432 g/mol. The van der Waals surface area contributed by atoms with Gasteiger partial charge in [0.1, 0.15) is 6.04 Å². The van der Waals surface area contributed by atoms with E-state index in [9.17, 15) is 9.59 Å². The highest BCUT2D eigenvalue weighted by atomic mass is 16.2. The summed E-state index contributed by atoms with van der Waals surface area (Å²) in [6, 6.07) is 23.7. The molecule has 2 amide bonds. The Labute approximate surface area is 210 Å². The topological polar surface area (TPSA) is 49.4 Å². The van der Waals surface area contributed by atoms with E-state index in [1.54, 1.807) is 4.90 Å². The van der Waals surface area contributed by atoms with Gasteiger partial charge in [0.2, 0.25) is 11.8 Å². The van der Waals surface area contributed by atoms with E-state index in [0.717, 1.165) is 39.8 Å². The maximum atomic E-state index is 13.9. The summed E-state index contributed by atoms with van der Waals surface area (Å²) in [7, 11) is 0. The fraction of sp³-hybridized carbons (Fsp3) is 0.355. The van der Waals surface area contributed by atoms with Gasteiger partial charge in [-0.25, -0.2) is 0 Å². The van der Waals surface area contributed by atoms with Crippen LogP contribution in [0.2, 0.25) is 0 Å². The Balaban J connectivity index is 2.00. The summed E-state index contributed by atoms with van der Waals surface area (Å²) in [5, 5.41) is 3.13. The van der Waals surface area contributed by atoms with Crippen LogP contribution in [0.3, 0.4) is 0 Å². The average molecular weight is 471 g/mol. The minimum absolute atomic E-state index is 0.0377. The lowest BCUT2D eigenvalue weighted by atomic mass is 9.99. The van der Waals surface area contributed by atoms with Gasteiger partial charge in [-0.15, -0.1) is 0 Å². The third-order valence-corrected chi connectivity index (χ3v) is 6.55. The van der Waals surface area contributed by atoms with E-state index >= 15 is 0 Å². The van der Waals surface area contributed by atoms with Gasteiger partial charge in [-0.1, -0.05) is 90.8 Å². The smallest absolute Gasteiger partial charge is 0.243 e. The zero-order chi connectivity index (χ0) is 25.4. The normalized spacial score (nSPS) is 12.6. The summed E-state index contributed by atoms with van der Waals surface area (Å²) in [6.07, 6.45) is 1.56. The number of nitrogens with one attached hydrogen (secondary N) is 1. The fourth-order valence-corrected chi connectivity index (χ4v) is 4.26. The lowest BCUT2D eigenvalue weighted by Crippen LogP contribution is -2.52. The first-order chi connectivity index (χ1) is 16.8. The predicted molar refractivity (Wildman–Crippen MR) is 143 cm³/mol. The molecule has 35 heavy (non-hydrogen) atoms. The van der Waals surface area contributed by atoms with Crippen molar-refractivity contribution in [3.8, 4) is 0 Å². The lowest BCUT2D eigenvalue weighted by molar-refractivity contribution is -0.141. The Hall–Kier alpha value is -3.40. The summed E-state index contributed by atoms with van der Waals surface area (Å²) in [4.78, 5) is 29.3. The van der Waals surface area contributed by atoms with Crippen molar-refractivity contribution in [2.75, 3.05) is 0 Å². The SMILES string of the molecule is CC[C@H](C)NC(=O)[C@H](Cc1ccccc1)N(Cc1cccc(C)c1)C(=O)Cc1cc(C)ccc1C. The van der Waals surface area contributed by atoms with Crippen LogP contribution in [0, 0.1) is 20.8 Å². The molecule has 0 heterocycles. The van der Waals surface area contributed by atoms with Crippen LogP contribution in [0.25, 0.3) is 0 Å². The third kappa shape index (κ3) is 7.54. The van der Waals surface area contributed by atoms with E-state index in [1.165, 1.54) is 0 Å². The number of hydrogen-bond donors (Lipinski definition) is 1. The molecule has 184 valence electrons. The number of nitrogens with zero attached hydrogens (tertiary/aromatic N) is 1. The second-order valence-corrected chi connectivity index (χ2v) is 9.64. The fourth-order valence-electron chi connectivity index (χ4n) is 4.26. The van der Waals surface area contributed by atoms with Crippen molar-refractivity contribution in [1.82, 2.24) is 10.2 Å². The highest BCUT2D eigenvalue weighted by Gasteiger charge is 2.31. The summed E-state index contributed by atoms with van der Waals surface area (Å²) >= 11 is 0. The number of carbonyl (C=O) groups excluding carboxylic acids is 2. The van der Waals surface area contributed by atoms with Gasteiger partial charge in [0.25, 0.3) is 0 Å². The summed E-state index contributed by atoms with van der Waals surface area (Å²) in [5.41, 5.74) is 6.40. The maximum Gasteiger partial charge on any atom is 0.243 e. The minimum Gasteiger partial charge on any atom is -0.352 e. The number of benzene rings is 3. The molecule has 0 saturated carbocycles. The number of hydrogen-bond acceptors (Lipinski definition) is 2. The molecule has 3 aromatic rings. The standard InChI is InChI=1S/C31H38N2O2/c1-6-25(5)32-31(35)29(19-26-12-8-7-9-13-26)33(21-27-14-10-11-22(2)17-27)30(34)20-28-18-23(3)15-16-24(28)4/h7-18,25,29H,6,19-21H2,1-5H3,(H,32,35)/t25-,29-/m0/s1. The Morgan fingerprint density at radius 3 is 2.23 bits per heavy atom. The molecule has 0 radical (unpaired) electrons. The van der Waals surface area contributed by atoms with E-state index in [0.29, 0.717) is 13.0 Å². The number of aryl methyl sites for hydroxylation is 3. The maximum absolute atomic E-state index is 13.9. The Morgan fingerprint density at radius 1 is 0.857 bits per heavy atom. The molecule has 4 nitrogen and oxygen atoms in total. The van der Waals surface area contributed by atoms with Gasteiger partial charge in [0, 0.05) is 19.0 Å². The van der Waals surface area contributed by atoms with Crippen LogP contribution in [0.5, 0.6) is 0 Å². The first-order valence-corrected chi connectivity index (χ1v) is 12.5. The molecule has 3 aromatic carbocycles. The van der Waals surface area contributed by atoms with Crippen molar-refractivity contribution in [3.63, 3.8) is 0 Å². The van der Waals surface area contributed by atoms with E-state index in [-0.39, 0.29) is 24.3 Å². The molecule has 0 fully saturated rings. The highest BCUT2D eigenvalue weighted by molar-refractivity contribution is 5.89. The molecule has 0 saturated heterocycles. The predicted octanol–water partition coefficient (Wildman–Crippen LogP) is 5.71. The molecule has 0 spiro atoms. The van der Waals surface area contributed by atoms with Crippen molar-refractivity contribution in [3.05, 3.63) is 106 Å². The van der Waals surface area contributed by atoms with E-state index in [2.05, 4.69) is 29.6 Å². The largest absolute Gasteiger partial charge is 0.352 e.